The number of carbonyl (C=O) groups excluding carboxylic acids is 1. The molecule has 154 valence electrons. The number of amides is 1. The number of carbonyl (C=O) groups is 1. The molecule has 31 heavy (non-hydrogen) atoms. The zero-order chi connectivity index (χ0) is 21.2. The van der Waals surface area contributed by atoms with E-state index >= 15 is 0 Å². The summed E-state index contributed by atoms with van der Waals surface area (Å²) in [6.07, 6.45) is 1.79. The van der Waals surface area contributed by atoms with Gasteiger partial charge in [0.25, 0.3) is 5.91 Å². The molecule has 0 saturated carbocycles. The highest BCUT2D eigenvalue weighted by Gasteiger charge is 2.16. The van der Waals surface area contributed by atoms with Crippen LogP contribution in [-0.4, -0.2) is 23.7 Å². The first-order valence-electron chi connectivity index (χ1n) is 10.0. The van der Waals surface area contributed by atoms with Crippen LogP contribution in [0.1, 0.15) is 10.4 Å². The summed E-state index contributed by atoms with van der Waals surface area (Å²) in [5.41, 5.74) is 3.67. The normalized spacial score (nSPS) is 13.4. The molecule has 1 aliphatic heterocycles. The molecule has 0 bridgehead atoms. The second kappa shape index (κ2) is 8.24. The summed E-state index contributed by atoms with van der Waals surface area (Å²) in [5, 5.41) is 0. The van der Waals surface area contributed by atoms with E-state index in [1.54, 1.807) is 6.08 Å². The van der Waals surface area contributed by atoms with Gasteiger partial charge in [-0.25, -0.2) is 0 Å². The van der Waals surface area contributed by atoms with Gasteiger partial charge in [0, 0.05) is 24.2 Å². The van der Waals surface area contributed by atoms with Crippen LogP contribution in [0.15, 0.2) is 84.4 Å². The Balaban J connectivity index is 1.53. The van der Waals surface area contributed by atoms with Gasteiger partial charge in [0.1, 0.15) is 13.2 Å². The van der Waals surface area contributed by atoms with Gasteiger partial charge in [0.2, 0.25) is 0 Å². The average Bonchev–Trinajstić information content (AvgIpc) is 3.14. The molecule has 1 aliphatic rings. The SMILES string of the molecule is C=CCn1c(=NC(=O)c2ccc(-c3ccccc3)cc2)sc2cc3c(cc21)OCCO3. The van der Waals surface area contributed by atoms with Crippen LogP contribution in [0.3, 0.4) is 0 Å². The quantitative estimate of drug-likeness (QED) is 0.427. The molecule has 0 fully saturated rings. The fraction of sp³-hybridized carbons (Fsp3) is 0.120. The van der Waals surface area contributed by atoms with Crippen molar-refractivity contribution in [2.24, 2.45) is 4.99 Å². The van der Waals surface area contributed by atoms with Crippen molar-refractivity contribution < 1.29 is 14.3 Å². The molecular formula is C25H20N2O3S. The van der Waals surface area contributed by atoms with E-state index in [1.165, 1.54) is 11.3 Å². The molecule has 5 rings (SSSR count). The molecule has 0 aliphatic carbocycles. The van der Waals surface area contributed by atoms with Crippen molar-refractivity contribution in [2.75, 3.05) is 13.2 Å². The summed E-state index contributed by atoms with van der Waals surface area (Å²) in [6.45, 7) is 5.45. The van der Waals surface area contributed by atoms with Crippen LogP contribution >= 0.6 is 11.3 Å². The molecule has 0 N–H and O–H groups in total. The molecule has 0 atom stereocenters. The van der Waals surface area contributed by atoms with Crippen molar-refractivity contribution in [3.63, 3.8) is 0 Å². The van der Waals surface area contributed by atoms with Gasteiger partial charge in [0.15, 0.2) is 16.3 Å². The minimum atomic E-state index is -0.277. The third kappa shape index (κ3) is 3.78. The van der Waals surface area contributed by atoms with Crippen LogP contribution in [0.2, 0.25) is 0 Å². The first-order valence-corrected chi connectivity index (χ1v) is 10.8. The minimum Gasteiger partial charge on any atom is -0.486 e. The molecule has 1 amide bonds. The van der Waals surface area contributed by atoms with Crippen LogP contribution in [0.4, 0.5) is 0 Å². The van der Waals surface area contributed by atoms with Gasteiger partial charge in [-0.1, -0.05) is 59.9 Å². The predicted octanol–water partition coefficient (Wildman–Crippen LogP) is 5.07. The fourth-order valence-electron chi connectivity index (χ4n) is 3.58. The van der Waals surface area contributed by atoms with Crippen molar-refractivity contribution in [3.8, 4) is 22.6 Å². The highest BCUT2D eigenvalue weighted by molar-refractivity contribution is 7.16. The van der Waals surface area contributed by atoms with Gasteiger partial charge < -0.3 is 14.0 Å². The summed E-state index contributed by atoms with van der Waals surface area (Å²) < 4.78 is 14.4. The van der Waals surface area contributed by atoms with E-state index in [1.807, 2.05) is 71.3 Å². The number of thiazole rings is 1. The third-order valence-corrected chi connectivity index (χ3v) is 6.14. The smallest absolute Gasteiger partial charge is 0.279 e. The Morgan fingerprint density at radius 1 is 1.00 bits per heavy atom. The lowest BCUT2D eigenvalue weighted by molar-refractivity contribution is 0.0998. The van der Waals surface area contributed by atoms with E-state index in [4.69, 9.17) is 9.47 Å². The maximum atomic E-state index is 12.9. The van der Waals surface area contributed by atoms with Crippen LogP contribution < -0.4 is 14.3 Å². The fourth-order valence-corrected chi connectivity index (χ4v) is 4.63. The first-order chi connectivity index (χ1) is 15.2. The van der Waals surface area contributed by atoms with Gasteiger partial charge in [-0.15, -0.1) is 6.58 Å². The number of rotatable bonds is 4. The van der Waals surface area contributed by atoms with Crippen LogP contribution in [-0.2, 0) is 6.54 Å². The van der Waals surface area contributed by atoms with Crippen molar-refractivity contribution in [2.45, 2.75) is 6.54 Å². The maximum Gasteiger partial charge on any atom is 0.279 e. The van der Waals surface area contributed by atoms with Crippen molar-refractivity contribution in [3.05, 3.63) is 89.7 Å². The van der Waals surface area contributed by atoms with Gasteiger partial charge in [-0.2, -0.15) is 4.99 Å². The van der Waals surface area contributed by atoms with Crippen LogP contribution in [0, 0.1) is 0 Å². The van der Waals surface area contributed by atoms with E-state index in [2.05, 4.69) is 11.6 Å². The second-order valence-corrected chi connectivity index (χ2v) is 8.12. The Kier molecular flexibility index (Phi) is 5.14. The zero-order valence-electron chi connectivity index (χ0n) is 16.8. The lowest BCUT2D eigenvalue weighted by Gasteiger charge is -2.18. The molecule has 0 saturated heterocycles. The molecule has 6 heteroatoms. The van der Waals surface area contributed by atoms with Gasteiger partial charge in [-0.3, -0.25) is 4.79 Å². The Hall–Kier alpha value is -3.64. The van der Waals surface area contributed by atoms with Crippen LogP contribution in [0.25, 0.3) is 21.3 Å². The number of benzene rings is 3. The predicted molar refractivity (Wildman–Crippen MR) is 123 cm³/mol. The Labute approximate surface area is 183 Å². The number of aromatic nitrogens is 1. The van der Waals surface area contributed by atoms with E-state index < -0.39 is 0 Å². The molecule has 5 nitrogen and oxygen atoms in total. The molecule has 4 aromatic rings. The largest absolute Gasteiger partial charge is 0.486 e. The first kappa shape index (κ1) is 19.3. The third-order valence-electron chi connectivity index (χ3n) is 5.09. The van der Waals surface area contributed by atoms with Gasteiger partial charge >= 0.3 is 0 Å². The summed E-state index contributed by atoms with van der Waals surface area (Å²) in [6, 6.07) is 21.5. The molecule has 0 unspecified atom stereocenters. The Morgan fingerprint density at radius 3 is 2.39 bits per heavy atom. The second-order valence-electron chi connectivity index (χ2n) is 7.11. The lowest BCUT2D eigenvalue weighted by atomic mass is 10.0. The summed E-state index contributed by atoms with van der Waals surface area (Å²) in [4.78, 5) is 17.9. The Bertz CT molecular complexity index is 1340. The van der Waals surface area contributed by atoms with Crippen molar-refractivity contribution in [1.29, 1.82) is 0 Å². The van der Waals surface area contributed by atoms with E-state index in [-0.39, 0.29) is 5.91 Å². The van der Waals surface area contributed by atoms with Crippen molar-refractivity contribution >= 4 is 27.5 Å². The zero-order valence-corrected chi connectivity index (χ0v) is 17.6. The maximum absolute atomic E-state index is 12.9. The molecule has 1 aromatic heterocycles. The minimum absolute atomic E-state index is 0.277. The number of hydrogen-bond donors (Lipinski definition) is 0. The topological polar surface area (TPSA) is 52.8 Å². The van der Waals surface area contributed by atoms with Gasteiger partial charge in [-0.05, 0) is 23.3 Å². The summed E-state index contributed by atoms with van der Waals surface area (Å²) >= 11 is 1.45. The molecule has 0 spiro atoms. The van der Waals surface area contributed by atoms with Crippen LogP contribution in [0.5, 0.6) is 11.5 Å². The summed E-state index contributed by atoms with van der Waals surface area (Å²) in [5.74, 6) is 1.16. The van der Waals surface area contributed by atoms with Crippen molar-refractivity contribution in [1.82, 2.24) is 4.57 Å². The number of fused-ring (bicyclic) bond motifs is 2. The number of allylic oxidation sites excluding steroid dienone is 1. The average molecular weight is 429 g/mol. The summed E-state index contributed by atoms with van der Waals surface area (Å²) in [7, 11) is 0. The number of hydrogen-bond acceptors (Lipinski definition) is 4. The molecule has 3 aromatic carbocycles. The molecular weight excluding hydrogens is 408 g/mol. The highest BCUT2D eigenvalue weighted by Crippen LogP contribution is 2.35. The highest BCUT2D eigenvalue weighted by atomic mass is 32.1. The number of nitrogens with zero attached hydrogens (tertiary/aromatic N) is 2. The molecule has 2 heterocycles. The lowest BCUT2D eigenvalue weighted by Crippen LogP contribution is -2.17. The monoisotopic (exact) mass is 428 g/mol. The Morgan fingerprint density at radius 2 is 1.68 bits per heavy atom. The van der Waals surface area contributed by atoms with E-state index in [0.29, 0.717) is 35.9 Å². The van der Waals surface area contributed by atoms with E-state index in [0.717, 1.165) is 27.1 Å². The standard InChI is InChI=1S/C25H20N2O3S/c1-2-12-27-20-15-21-22(30-14-13-29-21)16-23(20)31-25(27)26-24(28)19-10-8-18(9-11-19)17-6-4-3-5-7-17/h2-11,15-16H,1,12-14H2. The van der Waals surface area contributed by atoms with E-state index in [9.17, 15) is 4.79 Å². The molecule has 0 radical (unpaired) electrons. The number of ether oxygens (including phenoxy) is 2. The van der Waals surface area contributed by atoms with Gasteiger partial charge in [0.05, 0.1) is 10.2 Å².